The van der Waals surface area contributed by atoms with Crippen LogP contribution in [0.15, 0.2) is 24.3 Å². The molecule has 0 bridgehead atoms. The summed E-state index contributed by atoms with van der Waals surface area (Å²) >= 11 is 0. The fourth-order valence-electron chi connectivity index (χ4n) is 3.90. The van der Waals surface area contributed by atoms with Crippen molar-refractivity contribution in [2.75, 3.05) is 18.5 Å². The van der Waals surface area contributed by atoms with Crippen molar-refractivity contribution < 1.29 is 19.1 Å². The summed E-state index contributed by atoms with van der Waals surface area (Å²) in [4.78, 5) is 28.1. The number of para-hydroxylation sites is 1. The van der Waals surface area contributed by atoms with Gasteiger partial charge in [-0.25, -0.2) is 4.39 Å². The highest BCUT2D eigenvalue weighted by Crippen LogP contribution is 2.29. The molecule has 136 valence electrons. The monoisotopic (exact) mass is 348 g/mol. The minimum atomic E-state index is -0.562. The van der Waals surface area contributed by atoms with Crippen LogP contribution in [0.2, 0.25) is 0 Å². The van der Waals surface area contributed by atoms with Gasteiger partial charge in [-0.05, 0) is 37.3 Å². The van der Waals surface area contributed by atoms with Crippen LogP contribution in [0.3, 0.4) is 0 Å². The van der Waals surface area contributed by atoms with Gasteiger partial charge in [0.15, 0.2) is 0 Å². The van der Waals surface area contributed by atoms with Gasteiger partial charge in [0.2, 0.25) is 11.8 Å². The van der Waals surface area contributed by atoms with Crippen molar-refractivity contribution in [2.45, 2.75) is 50.7 Å². The van der Waals surface area contributed by atoms with Gasteiger partial charge in [-0.3, -0.25) is 9.59 Å². The van der Waals surface area contributed by atoms with E-state index in [9.17, 15) is 19.1 Å². The van der Waals surface area contributed by atoms with Crippen LogP contribution in [-0.2, 0) is 9.59 Å². The van der Waals surface area contributed by atoms with E-state index in [0.29, 0.717) is 13.0 Å². The van der Waals surface area contributed by atoms with Gasteiger partial charge < -0.3 is 14.9 Å². The zero-order chi connectivity index (χ0) is 18.0. The third-order valence-electron chi connectivity index (χ3n) is 5.49. The van der Waals surface area contributed by atoms with Gasteiger partial charge >= 0.3 is 0 Å². The Morgan fingerprint density at radius 2 is 2.00 bits per heavy atom. The smallest absolute Gasteiger partial charge is 0.249 e. The number of halogens is 1. The lowest BCUT2D eigenvalue weighted by Crippen LogP contribution is -2.44. The molecule has 1 aliphatic heterocycles. The number of aliphatic hydroxyl groups is 1. The first kappa shape index (κ1) is 17.9. The topological polar surface area (TPSA) is 60.9 Å². The molecule has 1 aliphatic carbocycles. The Bertz CT molecular complexity index is 651. The molecular formula is C19H25FN2O3. The van der Waals surface area contributed by atoms with Crippen LogP contribution in [0.4, 0.5) is 10.1 Å². The van der Waals surface area contributed by atoms with Crippen LogP contribution in [0, 0.1) is 11.7 Å². The number of hydrogen-bond acceptors (Lipinski definition) is 3. The second-order valence-electron chi connectivity index (χ2n) is 7.07. The molecule has 0 spiro atoms. The molecular weight excluding hydrogens is 323 g/mol. The fourth-order valence-corrected chi connectivity index (χ4v) is 3.90. The second-order valence-corrected chi connectivity index (χ2v) is 7.07. The lowest BCUT2D eigenvalue weighted by atomic mass is 9.84. The summed E-state index contributed by atoms with van der Waals surface area (Å²) in [5, 5.41) is 10.1. The highest BCUT2D eigenvalue weighted by molar-refractivity contribution is 6.01. The van der Waals surface area contributed by atoms with Gasteiger partial charge in [-0.2, -0.15) is 0 Å². The first-order valence-electron chi connectivity index (χ1n) is 8.98. The first-order chi connectivity index (χ1) is 12.0. The van der Waals surface area contributed by atoms with Gasteiger partial charge in [0, 0.05) is 20.0 Å². The van der Waals surface area contributed by atoms with E-state index >= 15 is 0 Å². The Kier molecular flexibility index (Phi) is 5.37. The van der Waals surface area contributed by atoms with E-state index in [1.807, 2.05) is 0 Å². The molecule has 1 saturated heterocycles. The number of anilines is 1. The summed E-state index contributed by atoms with van der Waals surface area (Å²) in [5.74, 6) is -0.830. The molecule has 1 unspecified atom stereocenters. The Balaban J connectivity index is 1.64. The molecule has 2 amide bonds. The Morgan fingerprint density at radius 1 is 1.28 bits per heavy atom. The average Bonchev–Trinajstić information content (AvgIpc) is 2.98. The van der Waals surface area contributed by atoms with Gasteiger partial charge in [-0.1, -0.05) is 25.0 Å². The van der Waals surface area contributed by atoms with E-state index in [4.69, 9.17) is 0 Å². The summed E-state index contributed by atoms with van der Waals surface area (Å²) < 4.78 is 14.0. The molecule has 3 atom stereocenters. The molecule has 1 heterocycles. The lowest BCUT2D eigenvalue weighted by molar-refractivity contribution is -0.138. The van der Waals surface area contributed by atoms with Crippen molar-refractivity contribution in [1.29, 1.82) is 0 Å². The molecule has 25 heavy (non-hydrogen) atoms. The Hall–Kier alpha value is -1.95. The maximum atomic E-state index is 14.0. The van der Waals surface area contributed by atoms with Crippen LogP contribution >= 0.6 is 0 Å². The zero-order valence-corrected chi connectivity index (χ0v) is 14.5. The Morgan fingerprint density at radius 3 is 2.72 bits per heavy atom. The summed E-state index contributed by atoms with van der Waals surface area (Å²) in [7, 11) is 1.63. The lowest BCUT2D eigenvalue weighted by Gasteiger charge is -2.30. The number of aliphatic hydroxyl groups excluding tert-OH is 1. The predicted molar refractivity (Wildman–Crippen MR) is 92.5 cm³/mol. The maximum Gasteiger partial charge on any atom is 0.249 e. The van der Waals surface area contributed by atoms with Crippen molar-refractivity contribution >= 4 is 17.5 Å². The Labute approximate surface area is 147 Å². The van der Waals surface area contributed by atoms with Crippen LogP contribution in [0.5, 0.6) is 0 Å². The molecule has 0 aromatic heterocycles. The number of rotatable bonds is 4. The minimum Gasteiger partial charge on any atom is -0.393 e. The summed E-state index contributed by atoms with van der Waals surface area (Å²) in [5.41, 5.74) is 0.263. The number of benzene rings is 1. The van der Waals surface area contributed by atoms with Gasteiger partial charge in [-0.15, -0.1) is 0 Å². The van der Waals surface area contributed by atoms with E-state index in [1.54, 1.807) is 25.2 Å². The number of carbonyl (C=O) groups is 2. The molecule has 5 nitrogen and oxygen atoms in total. The molecule has 1 saturated carbocycles. The molecule has 3 rings (SSSR count). The van der Waals surface area contributed by atoms with Gasteiger partial charge in [0.25, 0.3) is 0 Å². The highest BCUT2D eigenvalue weighted by Gasteiger charge is 2.38. The number of likely N-dealkylation sites (N-methyl/N-ethyl adjacent to an activating group) is 1. The van der Waals surface area contributed by atoms with Crippen LogP contribution < -0.4 is 4.90 Å². The van der Waals surface area contributed by atoms with Crippen LogP contribution in [0.25, 0.3) is 0 Å². The maximum absolute atomic E-state index is 14.0. The van der Waals surface area contributed by atoms with Gasteiger partial charge in [0.05, 0.1) is 11.8 Å². The first-order valence-corrected chi connectivity index (χ1v) is 8.98. The standard InChI is InChI=1S/C19H25FN2O3/c1-21(18(24)12-13-6-2-5-9-17(13)23)16-10-11-22(19(16)25)15-8-4-3-7-14(15)20/h3-4,7-8,13,16-17,23H,2,5-6,9-12H2,1H3/t13-,16?,17+/m0/s1. The van der Waals surface area contributed by atoms with E-state index in [-0.39, 0.29) is 29.8 Å². The molecule has 1 N–H and O–H groups in total. The van der Waals surface area contributed by atoms with Crippen LogP contribution in [0.1, 0.15) is 38.5 Å². The molecule has 2 aliphatic rings. The third kappa shape index (κ3) is 3.68. The van der Waals surface area contributed by atoms with E-state index in [0.717, 1.165) is 25.7 Å². The van der Waals surface area contributed by atoms with E-state index in [1.165, 1.54) is 15.9 Å². The number of amides is 2. The normalized spacial score (nSPS) is 26.8. The molecule has 1 aromatic rings. The van der Waals surface area contributed by atoms with E-state index < -0.39 is 18.0 Å². The number of carbonyl (C=O) groups excluding carboxylic acids is 2. The molecule has 6 heteroatoms. The zero-order valence-electron chi connectivity index (χ0n) is 14.5. The van der Waals surface area contributed by atoms with Crippen LogP contribution in [-0.4, -0.2) is 47.6 Å². The van der Waals surface area contributed by atoms with Gasteiger partial charge in [0.1, 0.15) is 11.9 Å². The largest absolute Gasteiger partial charge is 0.393 e. The highest BCUT2D eigenvalue weighted by atomic mass is 19.1. The summed E-state index contributed by atoms with van der Waals surface area (Å²) in [6, 6.07) is 5.62. The summed E-state index contributed by atoms with van der Waals surface area (Å²) in [6.45, 7) is 0.397. The second kappa shape index (κ2) is 7.52. The SMILES string of the molecule is CN(C(=O)C[C@@H]1CCCC[C@H]1O)C1CCN(c2ccccc2F)C1=O. The summed E-state index contributed by atoms with van der Waals surface area (Å²) in [6.07, 6.45) is 3.94. The molecule has 0 radical (unpaired) electrons. The fraction of sp³-hybridized carbons (Fsp3) is 0.579. The van der Waals surface area contributed by atoms with Crippen molar-refractivity contribution in [3.8, 4) is 0 Å². The van der Waals surface area contributed by atoms with Crippen molar-refractivity contribution in [2.24, 2.45) is 5.92 Å². The number of nitrogens with zero attached hydrogens (tertiary/aromatic N) is 2. The predicted octanol–water partition coefficient (Wildman–Crippen LogP) is 2.33. The molecule has 2 fully saturated rings. The third-order valence-corrected chi connectivity index (χ3v) is 5.49. The van der Waals surface area contributed by atoms with E-state index in [2.05, 4.69) is 0 Å². The van der Waals surface area contributed by atoms with Crippen molar-refractivity contribution in [3.63, 3.8) is 0 Å². The van der Waals surface area contributed by atoms with Crippen molar-refractivity contribution in [3.05, 3.63) is 30.1 Å². The average molecular weight is 348 g/mol. The number of hydrogen-bond donors (Lipinski definition) is 1. The quantitative estimate of drug-likeness (QED) is 0.908. The molecule has 1 aromatic carbocycles. The van der Waals surface area contributed by atoms with Crippen molar-refractivity contribution in [1.82, 2.24) is 4.90 Å². The minimum absolute atomic E-state index is 0.0251.